The SMILES string of the molecule is CCC1([C@H]2C[C@@H]3CC[C@@]2(C)C3(C)C)CCCCC1O. The van der Waals surface area contributed by atoms with Crippen LogP contribution in [0.2, 0.25) is 0 Å². The molecule has 2 unspecified atom stereocenters. The summed E-state index contributed by atoms with van der Waals surface area (Å²) in [5, 5.41) is 10.8. The Hall–Kier alpha value is -0.0400. The molecule has 0 saturated heterocycles. The molecule has 2 bridgehead atoms. The van der Waals surface area contributed by atoms with Crippen molar-refractivity contribution in [3.05, 3.63) is 0 Å². The molecule has 3 aliphatic rings. The van der Waals surface area contributed by atoms with Gasteiger partial charge in [0.2, 0.25) is 0 Å². The van der Waals surface area contributed by atoms with Gasteiger partial charge >= 0.3 is 0 Å². The molecule has 110 valence electrons. The third-order valence-corrected chi connectivity index (χ3v) is 8.18. The maximum atomic E-state index is 10.8. The minimum atomic E-state index is -0.0387. The molecule has 0 amide bonds. The summed E-state index contributed by atoms with van der Waals surface area (Å²) >= 11 is 0. The van der Waals surface area contributed by atoms with E-state index in [-0.39, 0.29) is 11.5 Å². The molecule has 0 spiro atoms. The van der Waals surface area contributed by atoms with Crippen LogP contribution >= 0.6 is 0 Å². The lowest BCUT2D eigenvalue weighted by Gasteiger charge is -2.53. The molecule has 3 saturated carbocycles. The van der Waals surface area contributed by atoms with Crippen LogP contribution in [-0.4, -0.2) is 11.2 Å². The Morgan fingerprint density at radius 2 is 1.79 bits per heavy atom. The van der Waals surface area contributed by atoms with Crippen molar-refractivity contribution in [2.75, 3.05) is 0 Å². The number of fused-ring (bicyclic) bond motifs is 2. The lowest BCUT2D eigenvalue weighted by molar-refractivity contribution is -0.102. The minimum Gasteiger partial charge on any atom is -0.393 e. The summed E-state index contributed by atoms with van der Waals surface area (Å²) in [6.45, 7) is 9.88. The van der Waals surface area contributed by atoms with Crippen LogP contribution in [0.4, 0.5) is 0 Å². The van der Waals surface area contributed by atoms with E-state index in [0.29, 0.717) is 10.8 Å². The predicted molar refractivity (Wildman–Crippen MR) is 79.9 cm³/mol. The first kappa shape index (κ1) is 13.9. The minimum absolute atomic E-state index is 0.0387. The zero-order chi connectivity index (χ0) is 13.9. The van der Waals surface area contributed by atoms with E-state index in [2.05, 4.69) is 27.7 Å². The molecule has 1 N–H and O–H groups in total. The van der Waals surface area contributed by atoms with Gasteiger partial charge in [-0.2, -0.15) is 0 Å². The number of aliphatic hydroxyl groups is 1. The Morgan fingerprint density at radius 3 is 2.26 bits per heavy atom. The second-order valence-corrected chi connectivity index (χ2v) is 8.51. The van der Waals surface area contributed by atoms with Crippen molar-refractivity contribution in [1.29, 1.82) is 0 Å². The van der Waals surface area contributed by atoms with E-state index in [9.17, 15) is 5.11 Å². The van der Waals surface area contributed by atoms with Gasteiger partial charge in [0.1, 0.15) is 0 Å². The predicted octanol–water partition coefficient (Wildman–Crippen LogP) is 4.78. The van der Waals surface area contributed by atoms with Gasteiger partial charge in [0, 0.05) is 0 Å². The van der Waals surface area contributed by atoms with Gasteiger partial charge in [-0.3, -0.25) is 0 Å². The molecule has 3 fully saturated rings. The summed E-state index contributed by atoms with van der Waals surface area (Å²) < 4.78 is 0. The van der Waals surface area contributed by atoms with Crippen LogP contribution in [0.5, 0.6) is 0 Å². The van der Waals surface area contributed by atoms with Gasteiger partial charge in [-0.25, -0.2) is 0 Å². The first-order valence-corrected chi connectivity index (χ1v) is 8.56. The van der Waals surface area contributed by atoms with Crippen molar-refractivity contribution in [2.45, 2.75) is 85.2 Å². The molecule has 0 radical (unpaired) electrons. The molecule has 1 nitrogen and oxygen atoms in total. The van der Waals surface area contributed by atoms with Gasteiger partial charge < -0.3 is 5.11 Å². The molecular formula is C18H32O. The summed E-state index contributed by atoms with van der Waals surface area (Å²) in [5.74, 6) is 1.66. The maximum Gasteiger partial charge on any atom is 0.0599 e. The molecular weight excluding hydrogens is 232 g/mol. The van der Waals surface area contributed by atoms with Gasteiger partial charge in [0.05, 0.1) is 6.10 Å². The van der Waals surface area contributed by atoms with Crippen LogP contribution < -0.4 is 0 Å². The number of rotatable bonds is 2. The summed E-state index contributed by atoms with van der Waals surface area (Å²) in [7, 11) is 0. The first-order chi connectivity index (χ1) is 8.88. The quantitative estimate of drug-likeness (QED) is 0.761. The summed E-state index contributed by atoms with van der Waals surface area (Å²) in [5.41, 5.74) is 1.18. The highest BCUT2D eigenvalue weighted by Gasteiger charge is 2.66. The van der Waals surface area contributed by atoms with Crippen molar-refractivity contribution >= 4 is 0 Å². The Labute approximate surface area is 119 Å². The van der Waals surface area contributed by atoms with Crippen molar-refractivity contribution in [2.24, 2.45) is 28.1 Å². The van der Waals surface area contributed by atoms with Crippen molar-refractivity contribution in [3.63, 3.8) is 0 Å². The zero-order valence-corrected chi connectivity index (χ0v) is 13.3. The highest BCUT2D eigenvalue weighted by atomic mass is 16.3. The third kappa shape index (κ3) is 1.57. The molecule has 0 aromatic heterocycles. The molecule has 0 aliphatic heterocycles. The average molecular weight is 264 g/mol. The molecule has 1 heteroatoms. The summed E-state index contributed by atoms with van der Waals surface area (Å²) in [6.07, 6.45) is 10.2. The molecule has 5 atom stereocenters. The van der Waals surface area contributed by atoms with Crippen LogP contribution in [0.3, 0.4) is 0 Å². The van der Waals surface area contributed by atoms with Crippen molar-refractivity contribution in [1.82, 2.24) is 0 Å². The molecule has 3 aliphatic carbocycles. The van der Waals surface area contributed by atoms with Crippen LogP contribution in [0, 0.1) is 28.1 Å². The van der Waals surface area contributed by atoms with E-state index < -0.39 is 0 Å². The normalized spacial score (nSPS) is 52.6. The Balaban J connectivity index is 1.98. The second-order valence-electron chi connectivity index (χ2n) is 8.51. The van der Waals surface area contributed by atoms with Crippen LogP contribution in [0.25, 0.3) is 0 Å². The number of aliphatic hydroxyl groups excluding tert-OH is 1. The fraction of sp³-hybridized carbons (Fsp3) is 1.00. The lowest BCUT2D eigenvalue weighted by Crippen LogP contribution is -2.50. The van der Waals surface area contributed by atoms with Gasteiger partial charge in [-0.1, -0.05) is 40.5 Å². The van der Waals surface area contributed by atoms with E-state index in [1.165, 1.54) is 44.9 Å². The summed E-state index contributed by atoms with van der Waals surface area (Å²) in [4.78, 5) is 0. The molecule has 19 heavy (non-hydrogen) atoms. The van der Waals surface area contributed by atoms with Gasteiger partial charge in [-0.05, 0) is 66.6 Å². The van der Waals surface area contributed by atoms with Gasteiger partial charge in [-0.15, -0.1) is 0 Å². The molecule has 0 aromatic carbocycles. The third-order valence-electron chi connectivity index (χ3n) is 8.18. The Kier molecular flexibility index (Phi) is 3.10. The van der Waals surface area contributed by atoms with Crippen molar-refractivity contribution < 1.29 is 5.11 Å². The molecule has 3 rings (SSSR count). The van der Waals surface area contributed by atoms with Gasteiger partial charge in [0.25, 0.3) is 0 Å². The van der Waals surface area contributed by atoms with Crippen LogP contribution in [-0.2, 0) is 0 Å². The topological polar surface area (TPSA) is 20.2 Å². The smallest absolute Gasteiger partial charge is 0.0599 e. The van der Waals surface area contributed by atoms with Crippen LogP contribution in [0.15, 0.2) is 0 Å². The van der Waals surface area contributed by atoms with E-state index in [1.54, 1.807) is 0 Å². The van der Waals surface area contributed by atoms with Crippen LogP contribution in [0.1, 0.15) is 79.1 Å². The van der Waals surface area contributed by atoms with E-state index >= 15 is 0 Å². The van der Waals surface area contributed by atoms with E-state index in [0.717, 1.165) is 18.3 Å². The molecule has 0 aromatic rings. The fourth-order valence-electron chi connectivity index (χ4n) is 6.38. The fourth-order valence-corrected chi connectivity index (χ4v) is 6.38. The molecule has 0 heterocycles. The standard InChI is InChI=1S/C18H32O/c1-5-18(10-7-6-8-15(18)19)14-12-13-9-11-17(14,4)16(13,2)3/h13-15,19H,5-12H2,1-4H3/t13-,14-,15?,17+,18?/m0/s1. The second kappa shape index (κ2) is 4.23. The largest absolute Gasteiger partial charge is 0.393 e. The maximum absolute atomic E-state index is 10.8. The number of hydrogen-bond acceptors (Lipinski definition) is 1. The Morgan fingerprint density at radius 1 is 1.05 bits per heavy atom. The van der Waals surface area contributed by atoms with Gasteiger partial charge in [0.15, 0.2) is 0 Å². The highest BCUT2D eigenvalue weighted by Crippen LogP contribution is 2.73. The number of hydrogen-bond donors (Lipinski definition) is 1. The first-order valence-electron chi connectivity index (χ1n) is 8.56. The average Bonchev–Trinajstić information content (AvgIpc) is 2.72. The van der Waals surface area contributed by atoms with E-state index in [4.69, 9.17) is 0 Å². The monoisotopic (exact) mass is 264 g/mol. The van der Waals surface area contributed by atoms with E-state index in [1.807, 2.05) is 0 Å². The van der Waals surface area contributed by atoms with Crippen molar-refractivity contribution in [3.8, 4) is 0 Å². The Bertz CT molecular complexity index is 361. The zero-order valence-electron chi connectivity index (χ0n) is 13.3. The summed E-state index contributed by atoms with van der Waals surface area (Å²) in [6, 6.07) is 0. The lowest BCUT2D eigenvalue weighted by atomic mass is 9.52. The highest BCUT2D eigenvalue weighted by molar-refractivity contribution is 5.15.